The van der Waals surface area contributed by atoms with Crippen molar-refractivity contribution in [3.8, 4) is 0 Å². The van der Waals surface area contributed by atoms with Gasteiger partial charge in [0.25, 0.3) is 11.5 Å². The minimum absolute atomic E-state index is 0.0189. The molecule has 10 atom stereocenters. The van der Waals surface area contributed by atoms with Gasteiger partial charge in [0.15, 0.2) is 23.6 Å². The fourth-order valence-corrected chi connectivity index (χ4v) is 8.81. The summed E-state index contributed by atoms with van der Waals surface area (Å²) in [6.07, 6.45) is -9.19. The maximum Gasteiger partial charge on any atom is 0.325 e. The number of rotatable bonds is 2. The number of H-pyrrole nitrogens is 1. The summed E-state index contributed by atoms with van der Waals surface area (Å²) >= 11 is 10.5. The molecule has 3 saturated heterocycles. The minimum Gasteiger partial charge on any atom is -0.387 e. The SMILES string of the molecule is Nc1nc2c(ncn2[C@@H]2O[C@@H]3COP(O)(=S)O[C@H]4[C@@H](O)[C@H](N5CCc6ccccc6C5=O)O[C@@H]4COP(O)(=S)O[C@@H]2[C@@H]3O)c(=O)[nH]1. The highest BCUT2D eigenvalue weighted by molar-refractivity contribution is 8.07. The molecule has 1 amide bonds. The molecule has 4 aliphatic heterocycles. The predicted molar refractivity (Wildman–Crippen MR) is 163 cm³/mol. The molecule has 0 radical (unpaired) electrons. The molecule has 0 saturated carbocycles. The summed E-state index contributed by atoms with van der Waals surface area (Å²) in [5.74, 6) is -0.594. The number of nitrogens with two attached hydrogens (primary N) is 1. The third-order valence-electron chi connectivity index (χ3n) is 8.10. The van der Waals surface area contributed by atoms with E-state index in [2.05, 4.69) is 15.0 Å². The number of aromatic amines is 1. The third-order valence-corrected chi connectivity index (χ3v) is 11.2. The van der Waals surface area contributed by atoms with Gasteiger partial charge in [-0.3, -0.25) is 28.2 Å². The predicted octanol–water partition coefficient (Wildman–Crippen LogP) is -1.00. The van der Waals surface area contributed by atoms with Crippen LogP contribution in [0.1, 0.15) is 22.1 Å². The Balaban J connectivity index is 1.17. The first kappa shape index (κ1) is 32.3. The molecule has 6 heterocycles. The molecule has 3 aromatic rings. The lowest BCUT2D eigenvalue weighted by Crippen LogP contribution is -2.50. The van der Waals surface area contributed by atoms with Gasteiger partial charge >= 0.3 is 13.4 Å². The maximum absolute atomic E-state index is 13.3. The number of aliphatic hydroxyl groups excluding tert-OH is 2. The molecule has 1 aromatic carbocycles. The number of amides is 1. The van der Waals surface area contributed by atoms with E-state index in [1.165, 1.54) is 15.8 Å². The first-order valence-corrected chi connectivity index (χ1v) is 19.1. The zero-order chi connectivity index (χ0) is 32.5. The van der Waals surface area contributed by atoms with Crippen LogP contribution in [-0.4, -0.2) is 113 Å². The third kappa shape index (κ3) is 5.86. The highest BCUT2D eigenvalue weighted by atomic mass is 32.5. The monoisotopic (exact) mass is 718 g/mol. The molecule has 2 aromatic heterocycles. The van der Waals surface area contributed by atoms with E-state index in [1.54, 1.807) is 12.1 Å². The number of imidazole rings is 1. The first-order chi connectivity index (χ1) is 21.8. The van der Waals surface area contributed by atoms with Crippen LogP contribution < -0.4 is 11.3 Å². The van der Waals surface area contributed by atoms with Gasteiger partial charge in [0.2, 0.25) is 5.95 Å². The highest BCUT2D eigenvalue weighted by Crippen LogP contribution is 2.53. The van der Waals surface area contributed by atoms with Gasteiger partial charge in [0.05, 0.1) is 19.5 Å². The molecule has 0 spiro atoms. The number of hydrogen-bond acceptors (Lipinski definition) is 15. The van der Waals surface area contributed by atoms with Crippen LogP contribution in [0.4, 0.5) is 5.95 Å². The molecule has 22 heteroatoms. The number of nitrogens with zero attached hydrogens (tertiary/aromatic N) is 4. The normalized spacial score (nSPS) is 38.5. The molecule has 248 valence electrons. The van der Waals surface area contributed by atoms with Crippen molar-refractivity contribution in [3.63, 3.8) is 0 Å². The number of nitrogen functional groups attached to an aromatic ring is 1. The van der Waals surface area contributed by atoms with E-state index in [1.807, 2.05) is 12.1 Å². The molecule has 46 heavy (non-hydrogen) atoms. The molecule has 2 bridgehead atoms. The fourth-order valence-electron chi connectivity index (χ4n) is 5.95. The van der Waals surface area contributed by atoms with Gasteiger partial charge in [-0.2, -0.15) is 4.98 Å². The molecule has 2 unspecified atom stereocenters. The summed E-state index contributed by atoms with van der Waals surface area (Å²) in [4.78, 5) is 59.6. The number of carbonyl (C=O) groups is 1. The lowest BCUT2D eigenvalue weighted by molar-refractivity contribution is -0.0844. The van der Waals surface area contributed by atoms with Crippen LogP contribution >= 0.6 is 13.4 Å². The van der Waals surface area contributed by atoms with Crippen molar-refractivity contribution in [2.45, 2.75) is 55.5 Å². The molecular formula is C24H28N6O12P2S2. The van der Waals surface area contributed by atoms with Gasteiger partial charge in [-0.05, 0) is 41.7 Å². The Bertz CT molecular complexity index is 1850. The van der Waals surface area contributed by atoms with Crippen molar-refractivity contribution in [1.29, 1.82) is 0 Å². The summed E-state index contributed by atoms with van der Waals surface area (Å²) in [6, 6.07) is 7.07. The standard InChI is InChI=1S/C24H28N6O12P2S2/c25-24-27-19-14(20(33)28-24)26-9-30(19)23-18-15(31)12(39-23)7-37-43(35,45)41-17-13(8-38-44(36,46)42-18)40-22(16(17)32)29-6-5-10-3-1-2-4-11(10)21(29)34/h1-4,9,12-13,15-18,22-23,31-32H,5-8H2,(H,35,45)(H,36,46)(H3,25,27,28,33)/t12-,13-,15-,16-,17-,18-,22-,23-,43?,44?/m1/s1. The average Bonchev–Trinajstić information content (AvgIpc) is 3.65. The molecule has 0 aliphatic carbocycles. The lowest BCUT2D eigenvalue weighted by atomic mass is 9.98. The maximum atomic E-state index is 13.3. The van der Waals surface area contributed by atoms with Crippen LogP contribution in [0.2, 0.25) is 0 Å². The summed E-state index contributed by atoms with van der Waals surface area (Å²) < 4.78 is 35.9. The van der Waals surface area contributed by atoms with Crippen LogP contribution in [0, 0.1) is 0 Å². The number of nitrogens with one attached hydrogen (secondary N) is 1. The van der Waals surface area contributed by atoms with Crippen LogP contribution in [0.25, 0.3) is 11.2 Å². The lowest BCUT2D eigenvalue weighted by Gasteiger charge is -2.34. The number of carbonyl (C=O) groups excluding carboxylic acids is 1. The Labute approximate surface area is 269 Å². The van der Waals surface area contributed by atoms with Crippen molar-refractivity contribution in [2.24, 2.45) is 0 Å². The number of ether oxygens (including phenoxy) is 2. The topological polar surface area (TPSA) is 246 Å². The second-order valence-corrected chi connectivity index (χ2v) is 16.5. The van der Waals surface area contributed by atoms with Gasteiger partial charge in [-0.15, -0.1) is 0 Å². The summed E-state index contributed by atoms with van der Waals surface area (Å²) in [6.45, 7) is -9.28. The van der Waals surface area contributed by atoms with E-state index in [4.69, 9.17) is 56.9 Å². The number of fused-ring (bicyclic) bond motifs is 5. The van der Waals surface area contributed by atoms with Crippen molar-refractivity contribution in [1.82, 2.24) is 24.4 Å². The van der Waals surface area contributed by atoms with E-state index < -0.39 is 81.3 Å². The number of benzene rings is 1. The van der Waals surface area contributed by atoms with Crippen molar-refractivity contribution in [2.75, 3.05) is 25.5 Å². The molecule has 3 fully saturated rings. The summed E-state index contributed by atoms with van der Waals surface area (Å²) in [7, 11) is 0. The minimum atomic E-state index is -4.23. The van der Waals surface area contributed by atoms with Crippen molar-refractivity contribution >= 4 is 60.1 Å². The fraction of sp³-hybridized carbons (Fsp3) is 0.500. The second-order valence-electron chi connectivity index (χ2n) is 11.0. The second kappa shape index (κ2) is 12.0. The van der Waals surface area contributed by atoms with Gasteiger partial charge in [-0.1, -0.05) is 18.2 Å². The smallest absolute Gasteiger partial charge is 0.325 e. The van der Waals surface area contributed by atoms with Gasteiger partial charge in [0, 0.05) is 12.1 Å². The number of aliphatic hydroxyl groups is 2. The summed E-state index contributed by atoms with van der Waals surface area (Å²) in [5.41, 5.74) is 6.28. The molecule has 7 N–H and O–H groups in total. The first-order valence-electron chi connectivity index (χ1n) is 13.9. The molecule has 7 rings (SSSR count). The summed E-state index contributed by atoms with van der Waals surface area (Å²) in [5, 5.41) is 22.5. The number of hydrogen-bond donors (Lipinski definition) is 6. The largest absolute Gasteiger partial charge is 0.387 e. The van der Waals surface area contributed by atoms with E-state index in [0.29, 0.717) is 12.0 Å². The Hall–Kier alpha value is -2.26. The number of anilines is 1. The van der Waals surface area contributed by atoms with Crippen LogP contribution in [0.5, 0.6) is 0 Å². The zero-order valence-electron chi connectivity index (χ0n) is 23.5. The van der Waals surface area contributed by atoms with Crippen molar-refractivity contribution in [3.05, 3.63) is 52.1 Å². The van der Waals surface area contributed by atoms with Crippen LogP contribution in [-0.2, 0) is 57.6 Å². The van der Waals surface area contributed by atoms with E-state index in [9.17, 15) is 29.6 Å². The highest BCUT2D eigenvalue weighted by Gasteiger charge is 2.53. The number of aromatic nitrogens is 4. The van der Waals surface area contributed by atoms with E-state index >= 15 is 0 Å². The van der Waals surface area contributed by atoms with E-state index in [0.717, 1.165) is 5.56 Å². The average molecular weight is 719 g/mol. The van der Waals surface area contributed by atoms with E-state index in [-0.39, 0.29) is 29.6 Å². The van der Waals surface area contributed by atoms with Gasteiger partial charge in [0.1, 0.15) is 36.6 Å². The van der Waals surface area contributed by atoms with Gasteiger partial charge < -0.3 is 49.2 Å². The Morgan fingerprint density at radius 2 is 1.63 bits per heavy atom. The van der Waals surface area contributed by atoms with Crippen LogP contribution in [0.15, 0.2) is 35.4 Å². The zero-order valence-corrected chi connectivity index (χ0v) is 26.9. The Morgan fingerprint density at radius 3 is 2.39 bits per heavy atom. The van der Waals surface area contributed by atoms with Gasteiger partial charge in [-0.25, -0.2) is 4.98 Å². The Kier molecular flexibility index (Phi) is 8.43. The molecule has 4 aliphatic rings. The molecule has 18 nitrogen and oxygen atoms in total. The molecular weight excluding hydrogens is 690 g/mol. The quantitative estimate of drug-likeness (QED) is 0.174. The van der Waals surface area contributed by atoms with Crippen LogP contribution in [0.3, 0.4) is 0 Å². The van der Waals surface area contributed by atoms with Crippen molar-refractivity contribution < 1.29 is 52.4 Å². The Morgan fingerprint density at radius 1 is 0.957 bits per heavy atom.